The van der Waals surface area contributed by atoms with E-state index >= 15 is 0 Å². The van der Waals surface area contributed by atoms with Crippen LogP contribution in [0.2, 0.25) is 0 Å². The van der Waals surface area contributed by atoms with E-state index in [1.165, 1.54) is 0 Å². The molecule has 1 aliphatic heterocycles. The lowest BCUT2D eigenvalue weighted by Crippen LogP contribution is -2.26. The van der Waals surface area contributed by atoms with Gasteiger partial charge in [-0.15, -0.1) is 0 Å². The Balaban J connectivity index is 1.70. The fourth-order valence-corrected chi connectivity index (χ4v) is 2.25. The quantitative estimate of drug-likeness (QED) is 0.866. The Morgan fingerprint density at radius 1 is 1.23 bits per heavy atom. The molecule has 4 nitrogen and oxygen atoms in total. The lowest BCUT2D eigenvalue weighted by atomic mass is 10.2. The monoisotopic (exact) mass is 292 g/mol. The predicted octanol–water partition coefficient (Wildman–Crippen LogP) is 2.60. The number of anilines is 1. The van der Waals surface area contributed by atoms with Crippen molar-refractivity contribution in [2.24, 2.45) is 0 Å². The van der Waals surface area contributed by atoms with Crippen molar-refractivity contribution < 1.29 is 9.53 Å². The lowest BCUT2D eigenvalue weighted by Gasteiger charge is -2.10. The molecule has 1 aliphatic rings. The highest BCUT2D eigenvalue weighted by Crippen LogP contribution is 2.16. The molecule has 0 aliphatic carbocycles. The van der Waals surface area contributed by atoms with Crippen molar-refractivity contribution in [3.05, 3.63) is 59.9 Å². The van der Waals surface area contributed by atoms with Gasteiger partial charge < -0.3 is 10.1 Å². The Hall–Kier alpha value is -2.64. The molecule has 1 saturated heterocycles. The standard InChI is InChI=1S/C18H16N2O2/c21-18(17-8-4-12-22-17)20-16-7-3-5-14(13-16)9-10-15-6-1-2-11-19-15/h1-3,5-7,11,13,17H,4,8,12H2,(H,20,21). The highest BCUT2D eigenvalue weighted by atomic mass is 16.5. The molecule has 1 unspecified atom stereocenters. The summed E-state index contributed by atoms with van der Waals surface area (Å²) in [5.41, 5.74) is 2.28. The number of rotatable bonds is 2. The molecule has 22 heavy (non-hydrogen) atoms. The van der Waals surface area contributed by atoms with E-state index in [-0.39, 0.29) is 12.0 Å². The number of aromatic nitrogens is 1. The van der Waals surface area contributed by atoms with Gasteiger partial charge in [-0.25, -0.2) is 4.98 Å². The summed E-state index contributed by atoms with van der Waals surface area (Å²) >= 11 is 0. The van der Waals surface area contributed by atoms with Gasteiger partial charge in [0.25, 0.3) is 5.91 Å². The van der Waals surface area contributed by atoms with Crippen LogP contribution >= 0.6 is 0 Å². The van der Waals surface area contributed by atoms with Gasteiger partial charge in [0.15, 0.2) is 0 Å². The third-order valence-electron chi connectivity index (χ3n) is 3.35. The van der Waals surface area contributed by atoms with Crippen molar-refractivity contribution in [1.82, 2.24) is 4.98 Å². The zero-order chi connectivity index (χ0) is 15.2. The maximum absolute atomic E-state index is 12.0. The smallest absolute Gasteiger partial charge is 0.253 e. The highest BCUT2D eigenvalue weighted by molar-refractivity contribution is 5.94. The number of pyridine rings is 1. The van der Waals surface area contributed by atoms with E-state index in [1.807, 2.05) is 42.5 Å². The molecule has 1 amide bonds. The first-order valence-electron chi connectivity index (χ1n) is 7.27. The molecule has 1 aromatic heterocycles. The summed E-state index contributed by atoms with van der Waals surface area (Å²) in [7, 11) is 0. The maximum Gasteiger partial charge on any atom is 0.253 e. The second-order valence-corrected chi connectivity index (χ2v) is 5.04. The van der Waals surface area contributed by atoms with Crippen LogP contribution in [-0.2, 0) is 9.53 Å². The molecule has 2 heterocycles. The number of nitrogens with zero attached hydrogens (tertiary/aromatic N) is 1. The van der Waals surface area contributed by atoms with Crippen molar-refractivity contribution in [3.8, 4) is 11.8 Å². The van der Waals surface area contributed by atoms with E-state index in [0.717, 1.165) is 29.8 Å². The van der Waals surface area contributed by atoms with Crippen molar-refractivity contribution in [3.63, 3.8) is 0 Å². The molecule has 0 saturated carbocycles. The minimum Gasteiger partial charge on any atom is -0.368 e. The number of carbonyl (C=O) groups excluding carboxylic acids is 1. The minimum absolute atomic E-state index is 0.0904. The van der Waals surface area contributed by atoms with Crippen LogP contribution in [0, 0.1) is 11.8 Å². The molecule has 4 heteroatoms. The Morgan fingerprint density at radius 3 is 2.95 bits per heavy atom. The van der Waals surface area contributed by atoms with Gasteiger partial charge in [-0.05, 0) is 49.1 Å². The molecule has 1 fully saturated rings. The van der Waals surface area contributed by atoms with E-state index in [1.54, 1.807) is 6.20 Å². The van der Waals surface area contributed by atoms with E-state index in [2.05, 4.69) is 22.1 Å². The van der Waals surface area contributed by atoms with Crippen LogP contribution in [0.3, 0.4) is 0 Å². The van der Waals surface area contributed by atoms with Gasteiger partial charge in [-0.3, -0.25) is 4.79 Å². The van der Waals surface area contributed by atoms with Crippen LogP contribution in [0.15, 0.2) is 48.7 Å². The maximum atomic E-state index is 12.0. The predicted molar refractivity (Wildman–Crippen MR) is 84.3 cm³/mol. The average molecular weight is 292 g/mol. The molecular weight excluding hydrogens is 276 g/mol. The highest BCUT2D eigenvalue weighted by Gasteiger charge is 2.23. The third kappa shape index (κ3) is 3.72. The van der Waals surface area contributed by atoms with Gasteiger partial charge in [0.1, 0.15) is 11.8 Å². The average Bonchev–Trinajstić information content (AvgIpc) is 3.09. The zero-order valence-corrected chi connectivity index (χ0v) is 12.1. The third-order valence-corrected chi connectivity index (χ3v) is 3.35. The van der Waals surface area contributed by atoms with Crippen molar-refractivity contribution >= 4 is 11.6 Å². The van der Waals surface area contributed by atoms with Gasteiger partial charge in [0.05, 0.1) is 0 Å². The Bertz CT molecular complexity index is 711. The first-order valence-corrected chi connectivity index (χ1v) is 7.27. The number of carbonyl (C=O) groups is 1. The molecule has 2 aromatic rings. The lowest BCUT2D eigenvalue weighted by molar-refractivity contribution is -0.124. The fraction of sp³-hybridized carbons (Fsp3) is 0.222. The van der Waals surface area contributed by atoms with Crippen molar-refractivity contribution in [2.45, 2.75) is 18.9 Å². The first kappa shape index (κ1) is 14.3. The van der Waals surface area contributed by atoms with Crippen LogP contribution in [0.5, 0.6) is 0 Å². The zero-order valence-electron chi connectivity index (χ0n) is 12.1. The van der Waals surface area contributed by atoms with Crippen LogP contribution in [0.4, 0.5) is 5.69 Å². The Morgan fingerprint density at radius 2 is 2.18 bits per heavy atom. The molecule has 0 spiro atoms. The number of nitrogens with one attached hydrogen (secondary N) is 1. The SMILES string of the molecule is O=C(Nc1cccc(C#Cc2ccccn2)c1)C1CCCO1. The first-order chi connectivity index (χ1) is 10.8. The van der Waals surface area contributed by atoms with Gasteiger partial charge in [-0.2, -0.15) is 0 Å². The van der Waals surface area contributed by atoms with Crippen LogP contribution in [0.1, 0.15) is 24.1 Å². The largest absolute Gasteiger partial charge is 0.368 e. The number of amides is 1. The number of hydrogen-bond acceptors (Lipinski definition) is 3. The molecular formula is C18H16N2O2. The van der Waals surface area contributed by atoms with Crippen LogP contribution < -0.4 is 5.32 Å². The summed E-state index contributed by atoms with van der Waals surface area (Å²) in [5.74, 6) is 5.96. The molecule has 0 bridgehead atoms. The summed E-state index contributed by atoms with van der Waals surface area (Å²) < 4.78 is 5.37. The molecule has 0 radical (unpaired) electrons. The number of hydrogen-bond donors (Lipinski definition) is 1. The number of benzene rings is 1. The van der Waals surface area contributed by atoms with E-state index in [4.69, 9.17) is 4.74 Å². The summed E-state index contributed by atoms with van der Waals surface area (Å²) in [6.07, 6.45) is 3.10. The Labute approximate surface area is 129 Å². The van der Waals surface area contributed by atoms with E-state index in [9.17, 15) is 4.79 Å². The minimum atomic E-state index is -0.330. The van der Waals surface area contributed by atoms with E-state index < -0.39 is 0 Å². The van der Waals surface area contributed by atoms with Crippen LogP contribution in [0.25, 0.3) is 0 Å². The molecule has 110 valence electrons. The fourth-order valence-electron chi connectivity index (χ4n) is 2.25. The molecule has 1 aromatic carbocycles. The van der Waals surface area contributed by atoms with Gasteiger partial charge in [0.2, 0.25) is 0 Å². The summed E-state index contributed by atoms with van der Waals surface area (Å²) in [5, 5.41) is 2.88. The Kier molecular flexibility index (Phi) is 4.47. The van der Waals surface area contributed by atoms with Gasteiger partial charge in [-0.1, -0.05) is 18.1 Å². The topological polar surface area (TPSA) is 51.2 Å². The molecule has 1 N–H and O–H groups in total. The number of ether oxygens (including phenoxy) is 1. The van der Waals surface area contributed by atoms with Crippen LogP contribution in [-0.4, -0.2) is 23.6 Å². The summed E-state index contributed by atoms with van der Waals surface area (Å²) in [6.45, 7) is 0.660. The van der Waals surface area contributed by atoms with E-state index in [0.29, 0.717) is 6.61 Å². The normalized spacial score (nSPS) is 16.6. The van der Waals surface area contributed by atoms with Gasteiger partial charge in [0, 0.05) is 24.1 Å². The molecule has 1 atom stereocenters. The summed E-state index contributed by atoms with van der Waals surface area (Å²) in [6, 6.07) is 13.1. The molecule has 3 rings (SSSR count). The van der Waals surface area contributed by atoms with Crippen molar-refractivity contribution in [1.29, 1.82) is 0 Å². The second kappa shape index (κ2) is 6.88. The van der Waals surface area contributed by atoms with Gasteiger partial charge >= 0.3 is 0 Å². The second-order valence-electron chi connectivity index (χ2n) is 5.04. The van der Waals surface area contributed by atoms with Crippen molar-refractivity contribution in [2.75, 3.05) is 11.9 Å². The summed E-state index contributed by atoms with van der Waals surface area (Å²) in [4.78, 5) is 16.2.